The summed E-state index contributed by atoms with van der Waals surface area (Å²) in [4.78, 5) is 31.4. The molecule has 1 atom stereocenters. The second kappa shape index (κ2) is 10.6. The van der Waals surface area contributed by atoms with Gasteiger partial charge in [-0.15, -0.1) is 0 Å². The minimum absolute atomic E-state index is 0.0955. The fraction of sp³-hybridized carbons (Fsp3) is 0.609. The molecule has 9 nitrogen and oxygen atoms in total. The third kappa shape index (κ3) is 5.92. The van der Waals surface area contributed by atoms with Gasteiger partial charge in [-0.1, -0.05) is 6.92 Å². The van der Waals surface area contributed by atoms with E-state index < -0.39 is 10.0 Å². The van der Waals surface area contributed by atoms with Crippen molar-refractivity contribution in [1.82, 2.24) is 24.1 Å². The lowest BCUT2D eigenvalue weighted by atomic mass is 10.00. The number of imidazole rings is 1. The zero-order valence-corrected chi connectivity index (χ0v) is 20.8. The lowest BCUT2D eigenvalue weighted by Crippen LogP contribution is -2.40. The Labute approximate surface area is 196 Å². The molecule has 33 heavy (non-hydrogen) atoms. The summed E-state index contributed by atoms with van der Waals surface area (Å²) in [6.07, 6.45) is 3.20. The van der Waals surface area contributed by atoms with Crippen LogP contribution in [0.15, 0.2) is 23.1 Å². The number of nitrogens with zero attached hydrogens (tertiary/aromatic N) is 4. The van der Waals surface area contributed by atoms with E-state index in [1.54, 1.807) is 18.2 Å². The first kappa shape index (κ1) is 25.2. The predicted molar refractivity (Wildman–Crippen MR) is 127 cm³/mol. The maximum absolute atomic E-state index is 12.4. The van der Waals surface area contributed by atoms with Gasteiger partial charge in [-0.05, 0) is 43.9 Å². The van der Waals surface area contributed by atoms with Crippen LogP contribution in [0.2, 0.25) is 0 Å². The third-order valence-electron chi connectivity index (χ3n) is 6.14. The molecule has 1 unspecified atom stereocenters. The zero-order valence-electron chi connectivity index (χ0n) is 20.0. The Morgan fingerprint density at radius 2 is 2.00 bits per heavy atom. The molecule has 1 aliphatic heterocycles. The van der Waals surface area contributed by atoms with Crippen LogP contribution in [0.5, 0.6) is 0 Å². The quantitative estimate of drug-likeness (QED) is 0.595. The van der Waals surface area contributed by atoms with Crippen molar-refractivity contribution < 1.29 is 18.0 Å². The van der Waals surface area contributed by atoms with E-state index in [2.05, 4.69) is 17.2 Å². The number of carbonyl (C=O) groups excluding carboxylic acids is 2. The monoisotopic (exact) mass is 477 g/mol. The van der Waals surface area contributed by atoms with Crippen LogP contribution in [-0.4, -0.2) is 72.7 Å². The van der Waals surface area contributed by atoms with Crippen LogP contribution >= 0.6 is 0 Å². The molecule has 1 fully saturated rings. The lowest BCUT2D eigenvalue weighted by Gasteiger charge is -2.31. The average Bonchev–Trinajstić information content (AvgIpc) is 3.14. The lowest BCUT2D eigenvalue weighted by molar-refractivity contribution is -0.132. The van der Waals surface area contributed by atoms with Crippen LogP contribution in [0.25, 0.3) is 11.0 Å². The summed E-state index contributed by atoms with van der Waals surface area (Å²) in [5.74, 6) is 1.24. The Balaban J connectivity index is 1.57. The highest BCUT2D eigenvalue weighted by Gasteiger charge is 2.21. The van der Waals surface area contributed by atoms with Gasteiger partial charge in [0.15, 0.2) is 0 Å². The number of amides is 2. The number of piperidine rings is 1. The summed E-state index contributed by atoms with van der Waals surface area (Å²) in [6.45, 7) is 6.75. The molecule has 0 bridgehead atoms. The van der Waals surface area contributed by atoms with E-state index in [-0.39, 0.29) is 23.1 Å². The van der Waals surface area contributed by atoms with Crippen molar-refractivity contribution in [2.24, 2.45) is 5.92 Å². The number of rotatable bonds is 9. The van der Waals surface area contributed by atoms with Gasteiger partial charge in [0.05, 0.1) is 15.9 Å². The number of hydrogen-bond acceptors (Lipinski definition) is 5. The molecular formula is C23H35N5O4S. The van der Waals surface area contributed by atoms with Crippen molar-refractivity contribution in [3.63, 3.8) is 0 Å². The number of carbonyl (C=O) groups is 2. The molecular weight excluding hydrogens is 442 g/mol. The van der Waals surface area contributed by atoms with Crippen LogP contribution in [0.1, 0.15) is 45.4 Å². The number of aromatic nitrogens is 2. The summed E-state index contributed by atoms with van der Waals surface area (Å²) >= 11 is 0. The Bertz CT molecular complexity index is 1110. The van der Waals surface area contributed by atoms with Gasteiger partial charge in [-0.25, -0.2) is 17.7 Å². The van der Waals surface area contributed by atoms with Gasteiger partial charge in [0.2, 0.25) is 21.8 Å². The highest BCUT2D eigenvalue weighted by Crippen LogP contribution is 2.23. The predicted octanol–water partition coefficient (Wildman–Crippen LogP) is 2.00. The van der Waals surface area contributed by atoms with Gasteiger partial charge in [0, 0.05) is 59.5 Å². The van der Waals surface area contributed by atoms with Crippen molar-refractivity contribution in [2.45, 2.75) is 57.4 Å². The van der Waals surface area contributed by atoms with Crippen molar-refractivity contribution in [1.29, 1.82) is 0 Å². The van der Waals surface area contributed by atoms with Gasteiger partial charge >= 0.3 is 0 Å². The molecule has 3 rings (SSSR count). The van der Waals surface area contributed by atoms with E-state index in [1.165, 1.54) is 18.4 Å². The third-order valence-corrected chi connectivity index (χ3v) is 7.95. The first-order valence-electron chi connectivity index (χ1n) is 11.6. The number of aryl methyl sites for hydroxylation is 2. The number of hydrogen-bond donors (Lipinski definition) is 1. The van der Waals surface area contributed by atoms with Gasteiger partial charge in [0.25, 0.3) is 0 Å². The molecule has 1 N–H and O–H groups in total. The Morgan fingerprint density at radius 3 is 2.67 bits per heavy atom. The first-order chi connectivity index (χ1) is 15.6. The molecule has 1 aliphatic rings. The van der Waals surface area contributed by atoms with Crippen LogP contribution in [0, 0.1) is 5.92 Å². The van der Waals surface area contributed by atoms with Crippen LogP contribution in [0.3, 0.4) is 0 Å². The van der Waals surface area contributed by atoms with Gasteiger partial charge in [-0.3, -0.25) is 9.59 Å². The van der Waals surface area contributed by atoms with E-state index >= 15 is 0 Å². The topological polar surface area (TPSA) is 105 Å². The molecule has 0 saturated carbocycles. The maximum atomic E-state index is 12.4. The molecule has 2 amide bonds. The summed E-state index contributed by atoms with van der Waals surface area (Å²) in [5.41, 5.74) is 1.43. The van der Waals surface area contributed by atoms with Crippen LogP contribution < -0.4 is 5.32 Å². The van der Waals surface area contributed by atoms with Gasteiger partial charge < -0.3 is 14.8 Å². The van der Waals surface area contributed by atoms with Crippen LogP contribution in [0.4, 0.5) is 0 Å². The summed E-state index contributed by atoms with van der Waals surface area (Å²) in [7, 11) is -0.554. The molecule has 2 heterocycles. The molecule has 0 aliphatic carbocycles. The fourth-order valence-electron chi connectivity index (χ4n) is 4.27. The average molecular weight is 478 g/mol. The highest BCUT2D eigenvalue weighted by molar-refractivity contribution is 7.89. The van der Waals surface area contributed by atoms with Crippen LogP contribution in [-0.2, 0) is 32.6 Å². The minimum Gasteiger partial charge on any atom is -0.356 e. The number of likely N-dealkylation sites (tertiary alicyclic amines) is 1. The summed E-state index contributed by atoms with van der Waals surface area (Å²) < 4.78 is 28.0. The van der Waals surface area contributed by atoms with Gasteiger partial charge in [-0.2, -0.15) is 0 Å². The largest absolute Gasteiger partial charge is 0.356 e. The zero-order chi connectivity index (χ0) is 24.2. The SMILES string of the molecule is CCn1c(CCC(=O)NCCC(=O)N2CCCC(C)C2)nc2cc(S(=O)(=O)N(C)C)ccc21. The van der Waals surface area contributed by atoms with E-state index in [0.29, 0.717) is 37.4 Å². The number of fused-ring (bicyclic) bond motifs is 1. The molecule has 0 spiro atoms. The second-order valence-corrected chi connectivity index (χ2v) is 11.0. The molecule has 182 valence electrons. The highest BCUT2D eigenvalue weighted by atomic mass is 32.2. The normalized spacial score (nSPS) is 17.0. The molecule has 1 saturated heterocycles. The van der Waals surface area contributed by atoms with Crippen molar-refractivity contribution in [3.8, 4) is 0 Å². The smallest absolute Gasteiger partial charge is 0.242 e. The van der Waals surface area contributed by atoms with Gasteiger partial charge in [0.1, 0.15) is 5.82 Å². The first-order valence-corrected chi connectivity index (χ1v) is 13.0. The second-order valence-electron chi connectivity index (χ2n) is 8.90. The number of benzene rings is 1. The molecule has 0 radical (unpaired) electrons. The molecule has 1 aromatic carbocycles. The van der Waals surface area contributed by atoms with E-state index in [1.807, 2.05) is 16.4 Å². The molecule has 10 heteroatoms. The van der Waals surface area contributed by atoms with Crippen molar-refractivity contribution in [2.75, 3.05) is 33.7 Å². The minimum atomic E-state index is -3.54. The maximum Gasteiger partial charge on any atom is 0.242 e. The Hall–Kier alpha value is -2.46. The summed E-state index contributed by atoms with van der Waals surface area (Å²) in [6, 6.07) is 4.93. The summed E-state index contributed by atoms with van der Waals surface area (Å²) in [5, 5.41) is 2.84. The Morgan fingerprint density at radius 1 is 1.24 bits per heavy atom. The number of sulfonamides is 1. The van der Waals surface area contributed by atoms with E-state index in [9.17, 15) is 18.0 Å². The number of nitrogens with one attached hydrogen (secondary N) is 1. The van der Waals surface area contributed by atoms with Crippen molar-refractivity contribution in [3.05, 3.63) is 24.0 Å². The molecule has 2 aromatic rings. The van der Waals surface area contributed by atoms with E-state index in [4.69, 9.17) is 0 Å². The molecule has 1 aromatic heterocycles. The Kier molecular flexibility index (Phi) is 8.12. The standard InChI is InChI=1S/C23H35N5O4S/c1-5-28-20-9-8-18(33(31,32)26(3)4)15-19(20)25-21(28)10-11-22(29)24-13-12-23(30)27-14-6-7-17(2)16-27/h8-9,15,17H,5-7,10-14,16H2,1-4H3,(H,24,29). The van der Waals surface area contributed by atoms with E-state index in [0.717, 1.165) is 37.3 Å². The fourth-order valence-corrected chi connectivity index (χ4v) is 5.19. The van der Waals surface area contributed by atoms with Crippen molar-refractivity contribution >= 4 is 32.9 Å².